The molecule has 0 radical (unpaired) electrons. The molecule has 1 N–H and O–H groups in total. The molecule has 0 saturated heterocycles. The van der Waals surface area contributed by atoms with Gasteiger partial charge in [0.15, 0.2) is 0 Å². The third-order valence-electron chi connectivity index (χ3n) is 2.77. The van der Waals surface area contributed by atoms with Gasteiger partial charge in [-0.3, -0.25) is 19.9 Å². The smallest absolute Gasteiger partial charge is 0.338 e. The lowest BCUT2D eigenvalue weighted by Crippen LogP contribution is -2.13. The summed E-state index contributed by atoms with van der Waals surface area (Å²) in [6.07, 6.45) is 2.07. The molecule has 1 heterocycles. The van der Waals surface area contributed by atoms with Gasteiger partial charge in [-0.1, -0.05) is 0 Å². The first kappa shape index (κ1) is 16.0. The summed E-state index contributed by atoms with van der Waals surface area (Å²) in [7, 11) is 1.12. The number of non-ortho nitro benzene ring substituents is 1. The number of carbonyl (C=O) groups is 2. The van der Waals surface area contributed by atoms with Crippen molar-refractivity contribution in [1.29, 1.82) is 0 Å². The number of hydrogen-bond donors (Lipinski definition) is 1. The van der Waals surface area contributed by atoms with Gasteiger partial charge in [0.1, 0.15) is 5.82 Å². The number of aromatic nitrogens is 1. The van der Waals surface area contributed by atoms with Crippen LogP contribution in [-0.2, 0) is 4.74 Å². The number of esters is 1. The summed E-state index contributed by atoms with van der Waals surface area (Å²) < 4.78 is 17.6. The number of amides is 1. The molecule has 0 fully saturated rings. The van der Waals surface area contributed by atoms with Gasteiger partial charge in [0.25, 0.3) is 11.6 Å². The van der Waals surface area contributed by atoms with Crippen molar-refractivity contribution in [3.05, 3.63) is 63.7 Å². The molecule has 1 aromatic heterocycles. The predicted octanol–water partition coefficient (Wildman–Crippen LogP) is 2.17. The fourth-order valence-corrected chi connectivity index (χ4v) is 1.76. The number of ether oxygens (including phenoxy) is 1. The minimum atomic E-state index is -0.795. The Morgan fingerprint density at radius 1 is 1.22 bits per heavy atom. The maximum atomic E-state index is 13.1. The minimum Gasteiger partial charge on any atom is -0.465 e. The van der Waals surface area contributed by atoms with Gasteiger partial charge < -0.3 is 10.1 Å². The summed E-state index contributed by atoms with van der Waals surface area (Å²) in [4.78, 5) is 37.2. The van der Waals surface area contributed by atoms with Gasteiger partial charge in [-0.05, 0) is 12.1 Å². The highest BCUT2D eigenvalue weighted by Crippen LogP contribution is 2.22. The lowest BCUT2D eigenvalue weighted by atomic mass is 10.1. The number of nitro groups is 1. The Kier molecular flexibility index (Phi) is 4.60. The molecule has 2 rings (SSSR count). The van der Waals surface area contributed by atoms with Crippen molar-refractivity contribution < 1.29 is 23.6 Å². The molecule has 8 nitrogen and oxygen atoms in total. The molecule has 0 aliphatic heterocycles. The lowest BCUT2D eigenvalue weighted by Gasteiger charge is -2.07. The zero-order valence-corrected chi connectivity index (χ0v) is 11.8. The number of nitrogens with one attached hydrogen (secondary N) is 1. The summed E-state index contributed by atoms with van der Waals surface area (Å²) in [5, 5.41) is 13.2. The van der Waals surface area contributed by atoms with Gasteiger partial charge in [0.05, 0.1) is 29.4 Å². The Hall–Kier alpha value is -3.36. The molecule has 118 valence electrons. The van der Waals surface area contributed by atoms with Crippen LogP contribution in [0.25, 0.3) is 0 Å². The number of halogens is 1. The van der Waals surface area contributed by atoms with Crippen LogP contribution in [0.3, 0.4) is 0 Å². The zero-order valence-electron chi connectivity index (χ0n) is 11.8. The van der Waals surface area contributed by atoms with Crippen molar-refractivity contribution in [2.24, 2.45) is 0 Å². The summed E-state index contributed by atoms with van der Waals surface area (Å²) >= 11 is 0. The van der Waals surface area contributed by atoms with Crippen molar-refractivity contribution in [1.82, 2.24) is 4.98 Å². The van der Waals surface area contributed by atoms with Crippen LogP contribution in [-0.4, -0.2) is 28.9 Å². The van der Waals surface area contributed by atoms with Crippen LogP contribution in [0.4, 0.5) is 15.8 Å². The maximum Gasteiger partial charge on any atom is 0.338 e. The molecule has 0 spiro atoms. The highest BCUT2D eigenvalue weighted by atomic mass is 19.1. The van der Waals surface area contributed by atoms with Crippen LogP contribution in [0.5, 0.6) is 0 Å². The number of carbonyl (C=O) groups excluding carboxylic acids is 2. The number of nitrogens with zero attached hydrogens (tertiary/aromatic N) is 2. The zero-order chi connectivity index (χ0) is 17.0. The molecular weight excluding hydrogens is 309 g/mol. The monoisotopic (exact) mass is 319 g/mol. The summed E-state index contributed by atoms with van der Waals surface area (Å²) in [5.41, 5.74) is -0.583. The molecular formula is C14H10FN3O5. The second-order valence-electron chi connectivity index (χ2n) is 4.36. The number of hydrogen-bond acceptors (Lipinski definition) is 6. The van der Waals surface area contributed by atoms with Crippen molar-refractivity contribution in [2.45, 2.75) is 0 Å². The molecule has 0 atom stereocenters. The fraction of sp³-hybridized carbons (Fsp3) is 0.0714. The van der Waals surface area contributed by atoms with Crippen LogP contribution in [0.15, 0.2) is 36.7 Å². The predicted molar refractivity (Wildman–Crippen MR) is 76.6 cm³/mol. The Bertz CT molecular complexity index is 794. The van der Waals surface area contributed by atoms with Crippen LogP contribution in [0.1, 0.15) is 20.7 Å². The van der Waals surface area contributed by atoms with E-state index in [1.165, 1.54) is 6.07 Å². The minimum absolute atomic E-state index is 0.00568. The summed E-state index contributed by atoms with van der Waals surface area (Å²) in [5.74, 6) is -2.23. The van der Waals surface area contributed by atoms with E-state index in [2.05, 4.69) is 15.0 Å². The van der Waals surface area contributed by atoms with Crippen LogP contribution in [0.2, 0.25) is 0 Å². The SMILES string of the molecule is COC(=O)c1cc(NC(=O)c2cncc(F)c2)cc([N+](=O)[O-])c1. The Balaban J connectivity index is 2.35. The van der Waals surface area contributed by atoms with Crippen LogP contribution in [0, 0.1) is 15.9 Å². The first-order valence-corrected chi connectivity index (χ1v) is 6.20. The molecule has 0 aliphatic carbocycles. The average Bonchev–Trinajstić information content (AvgIpc) is 2.53. The maximum absolute atomic E-state index is 13.1. The number of rotatable bonds is 4. The second kappa shape index (κ2) is 6.60. The number of pyridine rings is 1. The normalized spacial score (nSPS) is 10.0. The standard InChI is InChI=1S/C14H10FN3O5/c1-23-14(20)8-3-11(5-12(4-8)18(21)22)17-13(19)9-2-10(15)7-16-6-9/h2-7H,1H3,(H,17,19). The number of nitro benzene ring substituents is 1. The van der Waals surface area contributed by atoms with Gasteiger partial charge in [-0.25, -0.2) is 9.18 Å². The van der Waals surface area contributed by atoms with Gasteiger partial charge in [-0.2, -0.15) is 0 Å². The van der Waals surface area contributed by atoms with E-state index in [1.807, 2.05) is 0 Å². The first-order valence-electron chi connectivity index (χ1n) is 6.20. The number of benzene rings is 1. The van der Waals surface area contributed by atoms with Crippen molar-refractivity contribution in [3.63, 3.8) is 0 Å². The molecule has 0 unspecified atom stereocenters. The summed E-state index contributed by atoms with van der Waals surface area (Å²) in [6.45, 7) is 0. The third kappa shape index (κ3) is 3.84. The lowest BCUT2D eigenvalue weighted by molar-refractivity contribution is -0.384. The molecule has 0 bridgehead atoms. The van der Waals surface area contributed by atoms with E-state index < -0.39 is 28.3 Å². The van der Waals surface area contributed by atoms with E-state index in [0.29, 0.717) is 0 Å². The molecule has 2 aromatic rings. The van der Waals surface area contributed by atoms with Crippen molar-refractivity contribution in [3.8, 4) is 0 Å². The summed E-state index contributed by atoms with van der Waals surface area (Å²) in [6, 6.07) is 4.26. The largest absolute Gasteiger partial charge is 0.465 e. The van der Waals surface area contributed by atoms with Gasteiger partial charge >= 0.3 is 5.97 Å². The quantitative estimate of drug-likeness (QED) is 0.525. The molecule has 1 amide bonds. The molecule has 0 saturated carbocycles. The van der Waals surface area contributed by atoms with Crippen molar-refractivity contribution >= 4 is 23.3 Å². The number of methoxy groups -OCH3 is 1. The highest BCUT2D eigenvalue weighted by molar-refractivity contribution is 6.05. The van der Waals surface area contributed by atoms with Gasteiger partial charge in [-0.15, -0.1) is 0 Å². The Labute approximate surface area is 129 Å². The average molecular weight is 319 g/mol. The van der Waals surface area contributed by atoms with E-state index >= 15 is 0 Å². The van der Waals surface area contributed by atoms with E-state index in [9.17, 15) is 24.1 Å². The molecule has 9 heteroatoms. The van der Waals surface area contributed by atoms with Crippen LogP contribution < -0.4 is 5.32 Å². The van der Waals surface area contributed by atoms with E-state index in [1.54, 1.807) is 0 Å². The van der Waals surface area contributed by atoms with E-state index in [-0.39, 0.29) is 16.8 Å². The molecule has 23 heavy (non-hydrogen) atoms. The Morgan fingerprint density at radius 2 is 1.96 bits per heavy atom. The van der Waals surface area contributed by atoms with Crippen LogP contribution >= 0.6 is 0 Å². The second-order valence-corrected chi connectivity index (χ2v) is 4.36. The van der Waals surface area contributed by atoms with Crippen molar-refractivity contribution in [2.75, 3.05) is 12.4 Å². The van der Waals surface area contributed by atoms with E-state index in [4.69, 9.17) is 0 Å². The van der Waals surface area contributed by atoms with Gasteiger partial charge in [0.2, 0.25) is 0 Å². The molecule has 0 aliphatic rings. The highest BCUT2D eigenvalue weighted by Gasteiger charge is 2.17. The molecule has 1 aromatic carbocycles. The third-order valence-corrected chi connectivity index (χ3v) is 2.77. The number of anilines is 1. The van der Waals surface area contributed by atoms with E-state index in [0.717, 1.165) is 37.7 Å². The Morgan fingerprint density at radius 3 is 2.57 bits per heavy atom. The topological polar surface area (TPSA) is 111 Å². The fourth-order valence-electron chi connectivity index (χ4n) is 1.76. The first-order chi connectivity index (χ1) is 10.9. The van der Waals surface area contributed by atoms with Gasteiger partial charge in [0, 0.05) is 24.0 Å².